The zero-order valence-electron chi connectivity index (χ0n) is 16.0. The number of aromatic amines is 1. The first kappa shape index (κ1) is 18.6. The molecule has 5 rings (SSSR count). The summed E-state index contributed by atoms with van der Waals surface area (Å²) in [6.07, 6.45) is 0.453. The lowest BCUT2D eigenvalue weighted by Crippen LogP contribution is -2.09. The molecular weight excluding hydrogens is 446 g/mol. The molecule has 2 heterocycles. The third-order valence-electron chi connectivity index (χ3n) is 5.04. The number of nitrogens with one attached hydrogen (secondary N) is 1. The monoisotopic (exact) mass is 461 g/mol. The number of halogens is 1. The number of ether oxygens (including phenoxy) is 1. The molecule has 0 aliphatic rings. The number of aromatic nitrogens is 3. The molecule has 0 fully saturated rings. The molecule has 6 nitrogen and oxygen atoms in total. The summed E-state index contributed by atoms with van der Waals surface area (Å²) in [6, 6.07) is 19.4. The number of hydrogen-bond donors (Lipinski definition) is 1. The van der Waals surface area contributed by atoms with Crippen LogP contribution in [-0.4, -0.2) is 22.2 Å². The van der Waals surface area contributed by atoms with E-state index in [4.69, 9.17) is 9.26 Å². The molecule has 0 saturated heterocycles. The number of H-pyrrole nitrogens is 1. The molecule has 3 aromatic carbocycles. The van der Waals surface area contributed by atoms with Gasteiger partial charge in [-0.3, -0.25) is 4.79 Å². The minimum absolute atomic E-state index is 0.257. The van der Waals surface area contributed by atoms with E-state index in [1.807, 2.05) is 54.6 Å². The van der Waals surface area contributed by atoms with Gasteiger partial charge in [-0.2, -0.15) is 4.98 Å². The second-order valence-corrected chi connectivity index (χ2v) is 7.85. The zero-order chi connectivity index (χ0) is 20.7. The number of rotatable bonds is 4. The summed E-state index contributed by atoms with van der Waals surface area (Å²) >= 11 is 3.45. The van der Waals surface area contributed by atoms with Crippen LogP contribution < -0.4 is 10.3 Å². The topological polar surface area (TPSA) is 81.0 Å². The number of fused-ring (bicyclic) bond motifs is 2. The SMILES string of the molecule is COc1ccc2cccc(Cc3nc(-c4cc5cc(Br)ccc5[nH]c4=O)no3)c2c1. The Balaban J connectivity index is 1.53. The first-order valence-corrected chi connectivity index (χ1v) is 10.1. The summed E-state index contributed by atoms with van der Waals surface area (Å²) in [5, 5.41) is 7.09. The van der Waals surface area contributed by atoms with Crippen LogP contribution in [0.3, 0.4) is 0 Å². The Morgan fingerprint density at radius 2 is 1.97 bits per heavy atom. The van der Waals surface area contributed by atoms with E-state index in [-0.39, 0.29) is 11.4 Å². The molecule has 2 aromatic heterocycles. The highest BCUT2D eigenvalue weighted by molar-refractivity contribution is 9.10. The smallest absolute Gasteiger partial charge is 0.259 e. The number of hydrogen-bond acceptors (Lipinski definition) is 5. The highest BCUT2D eigenvalue weighted by Crippen LogP contribution is 2.26. The van der Waals surface area contributed by atoms with Crippen LogP contribution in [0.1, 0.15) is 11.5 Å². The molecule has 0 bridgehead atoms. The molecule has 1 N–H and O–H groups in total. The molecule has 7 heteroatoms. The van der Waals surface area contributed by atoms with Gasteiger partial charge in [-0.1, -0.05) is 45.4 Å². The Kier molecular flexibility index (Phi) is 4.59. The van der Waals surface area contributed by atoms with Crippen molar-refractivity contribution in [1.29, 1.82) is 0 Å². The maximum Gasteiger partial charge on any atom is 0.259 e. The average Bonchev–Trinajstić information content (AvgIpc) is 3.21. The zero-order valence-corrected chi connectivity index (χ0v) is 17.6. The lowest BCUT2D eigenvalue weighted by molar-refractivity contribution is 0.386. The third kappa shape index (κ3) is 3.37. The van der Waals surface area contributed by atoms with Gasteiger partial charge in [-0.15, -0.1) is 0 Å². The van der Waals surface area contributed by atoms with Crippen LogP contribution in [0.25, 0.3) is 33.1 Å². The molecule has 0 saturated carbocycles. The van der Waals surface area contributed by atoms with Crippen LogP contribution in [-0.2, 0) is 6.42 Å². The lowest BCUT2D eigenvalue weighted by atomic mass is 10.0. The van der Waals surface area contributed by atoms with Crippen LogP contribution >= 0.6 is 15.9 Å². The van der Waals surface area contributed by atoms with Gasteiger partial charge in [0.25, 0.3) is 5.56 Å². The second-order valence-electron chi connectivity index (χ2n) is 6.94. The van der Waals surface area contributed by atoms with Crippen molar-refractivity contribution in [1.82, 2.24) is 15.1 Å². The molecule has 0 amide bonds. The fraction of sp³-hybridized carbons (Fsp3) is 0.0870. The Morgan fingerprint density at radius 1 is 1.07 bits per heavy atom. The van der Waals surface area contributed by atoms with E-state index < -0.39 is 0 Å². The van der Waals surface area contributed by atoms with E-state index >= 15 is 0 Å². The summed E-state index contributed by atoms with van der Waals surface area (Å²) < 4.78 is 11.7. The van der Waals surface area contributed by atoms with Crippen LogP contribution in [0, 0.1) is 0 Å². The molecule has 0 unspecified atom stereocenters. The summed E-state index contributed by atoms with van der Waals surface area (Å²) in [6.45, 7) is 0. The quantitative estimate of drug-likeness (QED) is 0.402. The van der Waals surface area contributed by atoms with Gasteiger partial charge >= 0.3 is 0 Å². The maximum atomic E-state index is 12.5. The van der Waals surface area contributed by atoms with Crippen LogP contribution in [0.2, 0.25) is 0 Å². The Morgan fingerprint density at radius 3 is 2.83 bits per heavy atom. The van der Waals surface area contributed by atoms with Crippen molar-refractivity contribution in [2.45, 2.75) is 6.42 Å². The molecule has 0 spiro atoms. The van der Waals surface area contributed by atoms with Gasteiger partial charge < -0.3 is 14.2 Å². The Labute approximate surface area is 179 Å². The number of nitrogens with zero attached hydrogens (tertiary/aromatic N) is 2. The minimum Gasteiger partial charge on any atom is -0.497 e. The maximum absolute atomic E-state index is 12.5. The minimum atomic E-state index is -0.257. The molecule has 0 aliphatic carbocycles. The normalized spacial score (nSPS) is 11.3. The molecular formula is C23H16BrN3O3. The van der Waals surface area contributed by atoms with Crippen LogP contribution in [0.15, 0.2) is 74.5 Å². The predicted octanol–water partition coefficient (Wildman–Crippen LogP) is 5.09. The van der Waals surface area contributed by atoms with Gasteiger partial charge in [0, 0.05) is 15.4 Å². The Hall–Kier alpha value is -3.45. The molecule has 0 radical (unpaired) electrons. The number of benzene rings is 3. The van der Waals surface area contributed by atoms with Gasteiger partial charge in [0.1, 0.15) is 5.75 Å². The van der Waals surface area contributed by atoms with Crippen molar-refractivity contribution in [3.8, 4) is 17.1 Å². The highest BCUT2D eigenvalue weighted by atomic mass is 79.9. The summed E-state index contributed by atoms with van der Waals surface area (Å²) in [7, 11) is 1.65. The van der Waals surface area contributed by atoms with Gasteiger partial charge in [0.05, 0.1) is 19.1 Å². The van der Waals surface area contributed by atoms with Gasteiger partial charge in [-0.05, 0) is 52.7 Å². The van der Waals surface area contributed by atoms with Gasteiger partial charge in [0.15, 0.2) is 0 Å². The highest BCUT2D eigenvalue weighted by Gasteiger charge is 2.15. The van der Waals surface area contributed by atoms with Crippen molar-refractivity contribution in [3.05, 3.63) is 86.9 Å². The van der Waals surface area contributed by atoms with E-state index in [1.54, 1.807) is 13.2 Å². The van der Waals surface area contributed by atoms with Crippen molar-refractivity contribution >= 4 is 37.6 Å². The van der Waals surface area contributed by atoms with Crippen LogP contribution in [0.4, 0.5) is 0 Å². The van der Waals surface area contributed by atoms with Crippen molar-refractivity contribution < 1.29 is 9.26 Å². The van der Waals surface area contributed by atoms with Gasteiger partial charge in [0.2, 0.25) is 11.7 Å². The number of pyridine rings is 1. The van der Waals surface area contributed by atoms with Crippen molar-refractivity contribution in [2.24, 2.45) is 0 Å². The molecule has 30 heavy (non-hydrogen) atoms. The first-order valence-electron chi connectivity index (χ1n) is 9.32. The standard InChI is InChI=1S/C23H16BrN3O3/c1-29-17-7-5-13-3-2-4-14(18(13)12-17)11-21-26-22(27-30-21)19-10-15-9-16(24)6-8-20(15)25-23(19)28/h2-10,12H,11H2,1H3,(H,25,28). The molecule has 0 atom stereocenters. The van der Waals surface area contributed by atoms with E-state index in [9.17, 15) is 4.79 Å². The lowest BCUT2D eigenvalue weighted by Gasteiger charge is -2.06. The molecule has 5 aromatic rings. The fourth-order valence-corrected chi connectivity index (χ4v) is 3.92. The van der Waals surface area contributed by atoms with Crippen LogP contribution in [0.5, 0.6) is 5.75 Å². The molecule has 148 valence electrons. The largest absolute Gasteiger partial charge is 0.497 e. The average molecular weight is 462 g/mol. The summed E-state index contributed by atoms with van der Waals surface area (Å²) in [5.74, 6) is 1.50. The van der Waals surface area contributed by atoms with E-state index in [1.165, 1.54) is 0 Å². The fourth-order valence-electron chi connectivity index (χ4n) is 3.54. The second kappa shape index (κ2) is 7.42. The van der Waals surface area contributed by atoms with E-state index in [0.29, 0.717) is 17.9 Å². The summed E-state index contributed by atoms with van der Waals surface area (Å²) in [5.41, 5.74) is 1.90. The predicted molar refractivity (Wildman–Crippen MR) is 119 cm³/mol. The Bertz CT molecular complexity index is 1460. The van der Waals surface area contributed by atoms with Crippen molar-refractivity contribution in [2.75, 3.05) is 7.11 Å². The third-order valence-corrected chi connectivity index (χ3v) is 5.53. The van der Waals surface area contributed by atoms with E-state index in [2.05, 4.69) is 31.1 Å². The van der Waals surface area contributed by atoms with Gasteiger partial charge in [-0.25, -0.2) is 0 Å². The van der Waals surface area contributed by atoms with E-state index in [0.717, 1.165) is 37.5 Å². The van der Waals surface area contributed by atoms with Crippen molar-refractivity contribution in [3.63, 3.8) is 0 Å². The number of methoxy groups -OCH3 is 1. The first-order chi connectivity index (χ1) is 14.6. The summed E-state index contributed by atoms with van der Waals surface area (Å²) in [4.78, 5) is 19.9. The molecule has 0 aliphatic heterocycles.